The molecule has 0 aliphatic carbocycles. The number of carbonyl (C=O) groups is 1. The number of anilines is 1. The highest BCUT2D eigenvalue weighted by molar-refractivity contribution is 8.14. The Bertz CT molecular complexity index is 378. The first kappa shape index (κ1) is 9.40. The van der Waals surface area contributed by atoms with E-state index < -0.39 is 0 Å². The summed E-state index contributed by atoms with van der Waals surface area (Å²) in [5.41, 5.74) is 0.974. The fourth-order valence-electron chi connectivity index (χ4n) is 1.33. The number of hydrogen-bond acceptors (Lipinski definition) is 4. The molecular weight excluding hydrogens is 198 g/mol. The number of thioether (sulfide) groups is 1. The molecule has 0 saturated heterocycles. The fourth-order valence-corrected chi connectivity index (χ4v) is 2.14. The largest absolute Gasteiger partial charge is 0.497 e. The minimum Gasteiger partial charge on any atom is -0.497 e. The molecule has 2 rings (SSSR count). The van der Waals surface area contributed by atoms with Gasteiger partial charge in [-0.15, -0.1) is 0 Å². The molecule has 0 amide bonds. The molecule has 0 bridgehead atoms. The van der Waals surface area contributed by atoms with Crippen molar-refractivity contribution < 1.29 is 9.53 Å². The number of benzene rings is 1. The number of carbonyl (C=O) groups excluding carboxylic acids is 1. The lowest BCUT2D eigenvalue weighted by Crippen LogP contribution is -2.27. The Hall–Kier alpha value is -1.16. The van der Waals surface area contributed by atoms with Crippen molar-refractivity contribution in [2.45, 2.75) is 17.9 Å². The van der Waals surface area contributed by atoms with Gasteiger partial charge in [-0.05, 0) is 30.8 Å². The summed E-state index contributed by atoms with van der Waals surface area (Å²) in [4.78, 5) is 12.3. The maximum absolute atomic E-state index is 11.4. The minimum atomic E-state index is -0.125. The Kier molecular flexibility index (Phi) is 2.37. The first-order valence-electron chi connectivity index (χ1n) is 4.37. The smallest absolute Gasteiger partial charge is 0.215 e. The Morgan fingerprint density at radius 1 is 1.50 bits per heavy atom. The van der Waals surface area contributed by atoms with Crippen LogP contribution < -0.4 is 10.1 Å². The molecule has 0 saturated carbocycles. The number of fused-ring (bicyclic) bond motifs is 1. The Morgan fingerprint density at radius 3 is 3.00 bits per heavy atom. The predicted molar refractivity (Wildman–Crippen MR) is 56.9 cm³/mol. The lowest BCUT2D eigenvalue weighted by molar-refractivity contribution is -0.111. The van der Waals surface area contributed by atoms with E-state index in [0.717, 1.165) is 16.3 Å². The average Bonchev–Trinajstić information content (AvgIpc) is 2.19. The van der Waals surface area contributed by atoms with E-state index in [1.165, 1.54) is 11.8 Å². The molecule has 1 N–H and O–H groups in total. The second-order valence-electron chi connectivity index (χ2n) is 3.15. The quantitative estimate of drug-likeness (QED) is 0.769. The molecule has 4 heteroatoms. The van der Waals surface area contributed by atoms with Gasteiger partial charge >= 0.3 is 0 Å². The van der Waals surface area contributed by atoms with Crippen molar-refractivity contribution >= 4 is 22.6 Å². The standard InChI is InChI=1S/C10H11NO2S/c1-6-10(12)14-9-4-3-7(13-2)5-8(9)11-6/h3-6,11H,1-2H3. The number of hydrogen-bond donors (Lipinski definition) is 1. The van der Waals surface area contributed by atoms with Crippen LogP contribution in [0.25, 0.3) is 0 Å². The third-order valence-electron chi connectivity index (χ3n) is 2.12. The summed E-state index contributed by atoms with van der Waals surface area (Å²) in [5.74, 6) is 0.804. The summed E-state index contributed by atoms with van der Waals surface area (Å²) < 4.78 is 5.11. The third kappa shape index (κ3) is 1.57. The van der Waals surface area contributed by atoms with Crippen molar-refractivity contribution in [3.05, 3.63) is 18.2 Å². The van der Waals surface area contributed by atoms with Gasteiger partial charge in [0, 0.05) is 11.0 Å². The average molecular weight is 209 g/mol. The van der Waals surface area contributed by atoms with Gasteiger partial charge in [0.05, 0.1) is 18.8 Å². The Balaban J connectivity index is 2.37. The van der Waals surface area contributed by atoms with Crippen molar-refractivity contribution in [2.75, 3.05) is 12.4 Å². The summed E-state index contributed by atoms with van der Waals surface area (Å²) in [7, 11) is 1.63. The molecule has 1 aromatic carbocycles. The summed E-state index contributed by atoms with van der Waals surface area (Å²) >= 11 is 1.28. The van der Waals surface area contributed by atoms with E-state index in [1.54, 1.807) is 7.11 Å². The zero-order chi connectivity index (χ0) is 10.1. The van der Waals surface area contributed by atoms with E-state index in [1.807, 2.05) is 25.1 Å². The van der Waals surface area contributed by atoms with Crippen LogP contribution in [-0.2, 0) is 4.79 Å². The molecule has 14 heavy (non-hydrogen) atoms. The second kappa shape index (κ2) is 3.53. The zero-order valence-corrected chi connectivity index (χ0v) is 8.85. The van der Waals surface area contributed by atoms with E-state index in [0.29, 0.717) is 0 Å². The molecule has 0 fully saturated rings. The van der Waals surface area contributed by atoms with Gasteiger partial charge in [-0.3, -0.25) is 4.79 Å². The van der Waals surface area contributed by atoms with Crippen molar-refractivity contribution in [3.63, 3.8) is 0 Å². The molecule has 74 valence electrons. The SMILES string of the molecule is COc1ccc2c(c1)NC(C)C(=O)S2. The number of methoxy groups -OCH3 is 1. The highest BCUT2D eigenvalue weighted by Crippen LogP contribution is 2.36. The molecular formula is C10H11NO2S. The van der Waals surface area contributed by atoms with Crippen LogP contribution in [0.15, 0.2) is 23.1 Å². The third-order valence-corrected chi connectivity index (χ3v) is 3.25. The molecule has 0 spiro atoms. The molecule has 1 aliphatic heterocycles. The van der Waals surface area contributed by atoms with Crippen LogP contribution in [0.3, 0.4) is 0 Å². The van der Waals surface area contributed by atoms with Gasteiger partial charge in [-0.1, -0.05) is 0 Å². The van der Waals surface area contributed by atoms with Gasteiger partial charge in [-0.2, -0.15) is 0 Å². The van der Waals surface area contributed by atoms with E-state index >= 15 is 0 Å². The first-order valence-corrected chi connectivity index (χ1v) is 5.18. The van der Waals surface area contributed by atoms with Crippen LogP contribution in [0.5, 0.6) is 5.75 Å². The van der Waals surface area contributed by atoms with Gasteiger partial charge in [0.1, 0.15) is 5.75 Å². The summed E-state index contributed by atoms with van der Waals surface area (Å²) in [6.07, 6.45) is 0. The van der Waals surface area contributed by atoms with E-state index in [4.69, 9.17) is 4.74 Å². The first-order chi connectivity index (χ1) is 6.70. The molecule has 0 radical (unpaired) electrons. The summed E-state index contributed by atoms with van der Waals surface area (Å²) in [6.45, 7) is 1.86. The van der Waals surface area contributed by atoms with Crippen LogP contribution in [0.4, 0.5) is 5.69 Å². The monoisotopic (exact) mass is 209 g/mol. The van der Waals surface area contributed by atoms with Crippen LogP contribution in [0.1, 0.15) is 6.92 Å². The summed E-state index contributed by atoms with van der Waals surface area (Å²) in [5, 5.41) is 3.29. The fraction of sp³-hybridized carbons (Fsp3) is 0.300. The molecule has 3 nitrogen and oxygen atoms in total. The normalized spacial score (nSPS) is 19.9. The predicted octanol–water partition coefficient (Wildman–Crippen LogP) is 2.13. The van der Waals surface area contributed by atoms with Crippen LogP contribution in [0.2, 0.25) is 0 Å². The van der Waals surface area contributed by atoms with Crippen LogP contribution in [0, 0.1) is 0 Å². The Morgan fingerprint density at radius 2 is 2.29 bits per heavy atom. The van der Waals surface area contributed by atoms with Crippen molar-refractivity contribution in [1.29, 1.82) is 0 Å². The lowest BCUT2D eigenvalue weighted by Gasteiger charge is -2.22. The number of ether oxygens (including phenoxy) is 1. The molecule has 1 aromatic rings. The molecule has 1 unspecified atom stereocenters. The molecule has 1 aliphatic rings. The second-order valence-corrected chi connectivity index (χ2v) is 4.20. The number of rotatable bonds is 1. The van der Waals surface area contributed by atoms with Gasteiger partial charge in [0.25, 0.3) is 0 Å². The lowest BCUT2D eigenvalue weighted by atomic mass is 10.2. The van der Waals surface area contributed by atoms with Gasteiger partial charge in [-0.25, -0.2) is 0 Å². The van der Waals surface area contributed by atoms with Crippen molar-refractivity contribution in [3.8, 4) is 5.75 Å². The molecule has 0 aromatic heterocycles. The Labute approximate surface area is 86.8 Å². The highest BCUT2D eigenvalue weighted by atomic mass is 32.2. The van der Waals surface area contributed by atoms with Crippen molar-refractivity contribution in [1.82, 2.24) is 0 Å². The number of nitrogens with one attached hydrogen (secondary N) is 1. The zero-order valence-electron chi connectivity index (χ0n) is 8.03. The topological polar surface area (TPSA) is 38.3 Å². The van der Waals surface area contributed by atoms with E-state index in [2.05, 4.69) is 5.32 Å². The molecule has 1 atom stereocenters. The highest BCUT2D eigenvalue weighted by Gasteiger charge is 2.22. The maximum atomic E-state index is 11.4. The maximum Gasteiger partial charge on any atom is 0.215 e. The van der Waals surface area contributed by atoms with Gasteiger partial charge in [0.15, 0.2) is 0 Å². The van der Waals surface area contributed by atoms with Gasteiger partial charge in [0.2, 0.25) is 5.12 Å². The van der Waals surface area contributed by atoms with Crippen LogP contribution in [-0.4, -0.2) is 18.3 Å². The summed E-state index contributed by atoms with van der Waals surface area (Å²) in [6, 6.07) is 5.54. The minimum absolute atomic E-state index is 0.125. The van der Waals surface area contributed by atoms with Crippen LogP contribution >= 0.6 is 11.8 Å². The van der Waals surface area contributed by atoms with Gasteiger partial charge < -0.3 is 10.1 Å². The van der Waals surface area contributed by atoms with E-state index in [9.17, 15) is 4.79 Å². The van der Waals surface area contributed by atoms with E-state index in [-0.39, 0.29) is 11.2 Å². The van der Waals surface area contributed by atoms with Crippen molar-refractivity contribution in [2.24, 2.45) is 0 Å². The molecule has 1 heterocycles.